The first kappa shape index (κ1) is 12.0. The van der Waals surface area contributed by atoms with Crippen LogP contribution in [-0.4, -0.2) is 18.2 Å². The Kier molecular flexibility index (Phi) is 4.89. The second-order valence-corrected chi connectivity index (χ2v) is 5.06. The number of rotatable bonds is 5. The van der Waals surface area contributed by atoms with Crippen molar-refractivity contribution in [1.29, 1.82) is 0 Å². The fourth-order valence-corrected chi connectivity index (χ4v) is 2.31. The molecular weight excluding hydrogens is 218 g/mol. The molecule has 0 aliphatic heterocycles. The van der Waals surface area contributed by atoms with E-state index in [9.17, 15) is 5.11 Å². The Labute approximate surface area is 93.9 Å². The molecule has 0 aliphatic rings. The predicted molar refractivity (Wildman–Crippen MR) is 62.0 cm³/mol. The van der Waals surface area contributed by atoms with Crippen LogP contribution in [0.3, 0.4) is 0 Å². The zero-order valence-corrected chi connectivity index (χ0v) is 10.0. The molecule has 2 N–H and O–H groups in total. The Morgan fingerprint density at radius 1 is 1.50 bits per heavy atom. The average Bonchev–Trinajstić information content (AvgIpc) is 2.50. The second-order valence-electron chi connectivity index (χ2n) is 3.70. The van der Waals surface area contributed by atoms with Gasteiger partial charge in [0.2, 0.25) is 0 Å². The molecule has 1 atom stereocenters. The summed E-state index contributed by atoms with van der Waals surface area (Å²) < 4.78 is 0. The molecule has 2 nitrogen and oxygen atoms in total. The van der Waals surface area contributed by atoms with E-state index >= 15 is 0 Å². The molecule has 4 heteroatoms. The van der Waals surface area contributed by atoms with Crippen LogP contribution in [-0.2, 0) is 0 Å². The fraction of sp³-hybridized carbons (Fsp3) is 0.600. The van der Waals surface area contributed by atoms with Crippen molar-refractivity contribution in [3.63, 3.8) is 0 Å². The van der Waals surface area contributed by atoms with Crippen LogP contribution in [0, 0.1) is 5.92 Å². The van der Waals surface area contributed by atoms with Gasteiger partial charge in [0.25, 0.3) is 0 Å². The Morgan fingerprint density at radius 3 is 2.71 bits per heavy atom. The van der Waals surface area contributed by atoms with Crippen LogP contribution < -0.4 is 5.32 Å². The van der Waals surface area contributed by atoms with Gasteiger partial charge in [-0.3, -0.25) is 0 Å². The normalized spacial score (nSPS) is 13.5. The van der Waals surface area contributed by atoms with E-state index in [2.05, 4.69) is 19.2 Å². The maximum atomic E-state index is 9.77. The van der Waals surface area contributed by atoms with Crippen LogP contribution in [0.4, 0.5) is 0 Å². The fourth-order valence-electron chi connectivity index (χ4n) is 1.14. The van der Waals surface area contributed by atoms with E-state index in [0.29, 0.717) is 17.5 Å². The van der Waals surface area contributed by atoms with Crippen LogP contribution in [0.5, 0.6) is 0 Å². The summed E-state index contributed by atoms with van der Waals surface area (Å²) in [7, 11) is 0. The van der Waals surface area contributed by atoms with Gasteiger partial charge >= 0.3 is 0 Å². The number of hydrogen-bond acceptors (Lipinski definition) is 3. The Balaban J connectivity index is 2.36. The number of nitrogens with one attached hydrogen (secondary N) is 1. The Morgan fingerprint density at radius 2 is 2.21 bits per heavy atom. The minimum absolute atomic E-state index is 0.485. The van der Waals surface area contributed by atoms with E-state index in [1.54, 1.807) is 0 Å². The van der Waals surface area contributed by atoms with Crippen LogP contribution >= 0.6 is 22.9 Å². The third-order valence-electron chi connectivity index (χ3n) is 1.84. The van der Waals surface area contributed by atoms with Gasteiger partial charge < -0.3 is 10.4 Å². The van der Waals surface area contributed by atoms with Gasteiger partial charge in [0, 0.05) is 6.54 Å². The lowest BCUT2D eigenvalue weighted by Crippen LogP contribution is -2.25. The van der Waals surface area contributed by atoms with Crippen molar-refractivity contribution in [3.05, 3.63) is 21.3 Å². The van der Waals surface area contributed by atoms with Gasteiger partial charge in [-0.15, -0.1) is 11.3 Å². The Bertz CT molecular complexity index is 275. The van der Waals surface area contributed by atoms with Crippen molar-refractivity contribution in [2.24, 2.45) is 5.92 Å². The van der Waals surface area contributed by atoms with Gasteiger partial charge in [0.1, 0.15) is 6.10 Å². The third kappa shape index (κ3) is 3.58. The van der Waals surface area contributed by atoms with E-state index in [0.717, 1.165) is 11.4 Å². The lowest BCUT2D eigenvalue weighted by Gasteiger charge is -2.12. The minimum atomic E-state index is -0.485. The number of thiophene rings is 1. The summed E-state index contributed by atoms with van der Waals surface area (Å²) in [4.78, 5) is 0.850. The standard InChI is InChI=1S/C10H16ClNOS/c1-7(2)5-12-6-9(13)10-8(11)3-4-14-10/h3-4,7,9,12-13H,5-6H2,1-2H3. The highest BCUT2D eigenvalue weighted by Crippen LogP contribution is 2.27. The molecule has 1 heterocycles. The van der Waals surface area contributed by atoms with Gasteiger partial charge in [0.05, 0.1) is 9.90 Å². The highest BCUT2D eigenvalue weighted by molar-refractivity contribution is 7.10. The van der Waals surface area contributed by atoms with E-state index < -0.39 is 6.10 Å². The summed E-state index contributed by atoms with van der Waals surface area (Å²) in [6.07, 6.45) is -0.485. The summed E-state index contributed by atoms with van der Waals surface area (Å²) in [5, 5.41) is 15.5. The highest BCUT2D eigenvalue weighted by Gasteiger charge is 2.12. The molecule has 0 aliphatic carbocycles. The Hall–Kier alpha value is -0.0900. The summed E-state index contributed by atoms with van der Waals surface area (Å²) in [5.74, 6) is 0.598. The van der Waals surface area contributed by atoms with Crippen LogP contribution in [0.25, 0.3) is 0 Å². The van der Waals surface area contributed by atoms with Crippen molar-refractivity contribution >= 4 is 22.9 Å². The first-order valence-corrected chi connectivity index (χ1v) is 5.98. The lowest BCUT2D eigenvalue weighted by molar-refractivity contribution is 0.177. The van der Waals surface area contributed by atoms with Gasteiger partial charge in [-0.2, -0.15) is 0 Å². The van der Waals surface area contributed by atoms with E-state index in [-0.39, 0.29) is 0 Å². The number of aliphatic hydroxyl groups excluding tert-OH is 1. The second kappa shape index (κ2) is 5.71. The zero-order chi connectivity index (χ0) is 10.6. The minimum Gasteiger partial charge on any atom is -0.386 e. The molecule has 1 aromatic heterocycles. The van der Waals surface area contributed by atoms with E-state index in [1.165, 1.54) is 11.3 Å². The summed E-state index contributed by atoms with van der Waals surface area (Å²) >= 11 is 7.39. The van der Waals surface area contributed by atoms with Crippen molar-refractivity contribution < 1.29 is 5.11 Å². The maximum absolute atomic E-state index is 9.77. The van der Waals surface area contributed by atoms with Crippen LogP contribution in [0.2, 0.25) is 5.02 Å². The van der Waals surface area contributed by atoms with E-state index in [1.807, 2.05) is 11.4 Å². The van der Waals surface area contributed by atoms with Crippen LogP contribution in [0.1, 0.15) is 24.8 Å². The molecule has 0 radical (unpaired) electrons. The van der Waals surface area contributed by atoms with E-state index in [4.69, 9.17) is 11.6 Å². The molecule has 0 saturated heterocycles. The molecule has 0 spiro atoms. The van der Waals surface area contributed by atoms with Crippen molar-refractivity contribution in [3.8, 4) is 0 Å². The molecular formula is C10H16ClNOS. The summed E-state index contributed by atoms with van der Waals surface area (Å²) in [5.41, 5.74) is 0. The molecule has 0 bridgehead atoms. The highest BCUT2D eigenvalue weighted by atomic mass is 35.5. The molecule has 1 aromatic rings. The number of hydrogen-bond donors (Lipinski definition) is 2. The first-order valence-electron chi connectivity index (χ1n) is 4.73. The molecule has 1 unspecified atom stereocenters. The topological polar surface area (TPSA) is 32.3 Å². The molecule has 0 amide bonds. The molecule has 1 rings (SSSR count). The average molecular weight is 234 g/mol. The van der Waals surface area contributed by atoms with Gasteiger partial charge in [-0.1, -0.05) is 25.4 Å². The first-order chi connectivity index (χ1) is 6.61. The smallest absolute Gasteiger partial charge is 0.102 e. The number of aliphatic hydroxyl groups is 1. The predicted octanol–water partition coefficient (Wildman–Crippen LogP) is 2.68. The third-order valence-corrected chi connectivity index (χ3v) is 3.30. The molecule has 0 fully saturated rings. The maximum Gasteiger partial charge on any atom is 0.102 e. The monoisotopic (exact) mass is 233 g/mol. The van der Waals surface area contributed by atoms with Crippen molar-refractivity contribution in [2.45, 2.75) is 20.0 Å². The molecule has 0 saturated carbocycles. The summed E-state index contributed by atoms with van der Waals surface area (Å²) in [6, 6.07) is 1.81. The van der Waals surface area contributed by atoms with Crippen LogP contribution in [0.15, 0.2) is 11.4 Å². The van der Waals surface area contributed by atoms with Crippen molar-refractivity contribution in [1.82, 2.24) is 5.32 Å². The van der Waals surface area contributed by atoms with Crippen molar-refractivity contribution in [2.75, 3.05) is 13.1 Å². The zero-order valence-electron chi connectivity index (χ0n) is 8.46. The lowest BCUT2D eigenvalue weighted by atomic mass is 10.2. The van der Waals surface area contributed by atoms with Gasteiger partial charge in [-0.25, -0.2) is 0 Å². The molecule has 14 heavy (non-hydrogen) atoms. The largest absolute Gasteiger partial charge is 0.386 e. The van der Waals surface area contributed by atoms with Gasteiger partial charge in [-0.05, 0) is 23.9 Å². The molecule has 0 aromatic carbocycles. The molecule has 80 valence electrons. The SMILES string of the molecule is CC(C)CNCC(O)c1sccc1Cl. The summed E-state index contributed by atoms with van der Waals surface area (Å²) in [6.45, 7) is 5.76. The van der Waals surface area contributed by atoms with Gasteiger partial charge in [0.15, 0.2) is 0 Å². The number of halogens is 1. The quantitative estimate of drug-likeness (QED) is 0.820.